The van der Waals surface area contributed by atoms with Crippen molar-refractivity contribution in [1.29, 1.82) is 5.26 Å². The first kappa shape index (κ1) is 18.3. The number of rotatable bonds is 1. The zero-order chi connectivity index (χ0) is 18.7. The van der Waals surface area contributed by atoms with Gasteiger partial charge in [0.25, 0.3) is 0 Å². The molecule has 0 aromatic carbocycles. The molecule has 4 aliphatic carbocycles. The first-order valence-corrected chi connectivity index (χ1v) is 10.5. The summed E-state index contributed by atoms with van der Waals surface area (Å²) in [5, 5.41) is 20.6. The van der Waals surface area contributed by atoms with Gasteiger partial charge < -0.3 is 9.84 Å². The van der Waals surface area contributed by atoms with Crippen LogP contribution in [0.5, 0.6) is 0 Å². The third kappa shape index (κ3) is 2.39. The van der Waals surface area contributed by atoms with Crippen LogP contribution in [0.1, 0.15) is 78.6 Å². The minimum atomic E-state index is -1.13. The molecule has 4 fully saturated rings. The number of carbonyl (C=O) groups is 1. The number of hydrogen-bond donors (Lipinski definition) is 1. The van der Waals surface area contributed by atoms with Crippen molar-refractivity contribution in [2.24, 2.45) is 34.5 Å². The van der Waals surface area contributed by atoms with Crippen molar-refractivity contribution in [3.05, 3.63) is 0 Å². The van der Waals surface area contributed by atoms with Crippen molar-refractivity contribution in [2.45, 2.75) is 90.3 Å². The molecule has 1 unspecified atom stereocenters. The lowest BCUT2D eigenvalue weighted by molar-refractivity contribution is -0.164. The van der Waals surface area contributed by atoms with Crippen LogP contribution >= 0.6 is 0 Å². The summed E-state index contributed by atoms with van der Waals surface area (Å²) in [6.45, 7) is 6.17. The number of hydrogen-bond acceptors (Lipinski definition) is 4. The van der Waals surface area contributed by atoms with Gasteiger partial charge in [0.15, 0.2) is 5.60 Å². The molecule has 0 spiro atoms. The second kappa shape index (κ2) is 5.96. The number of esters is 1. The van der Waals surface area contributed by atoms with Gasteiger partial charge in [-0.3, -0.25) is 4.79 Å². The van der Waals surface area contributed by atoms with Crippen LogP contribution in [0.25, 0.3) is 0 Å². The summed E-state index contributed by atoms with van der Waals surface area (Å²) in [5.74, 6) is 2.31. The maximum Gasteiger partial charge on any atom is 0.302 e. The average molecular weight is 360 g/mol. The summed E-state index contributed by atoms with van der Waals surface area (Å²) in [7, 11) is 0. The Labute approximate surface area is 157 Å². The molecule has 0 aromatic rings. The van der Waals surface area contributed by atoms with Gasteiger partial charge in [0.05, 0.1) is 6.07 Å². The fraction of sp³-hybridized carbons (Fsp3) is 0.909. The van der Waals surface area contributed by atoms with E-state index in [2.05, 4.69) is 19.9 Å². The first-order valence-electron chi connectivity index (χ1n) is 10.5. The predicted molar refractivity (Wildman–Crippen MR) is 97.8 cm³/mol. The summed E-state index contributed by atoms with van der Waals surface area (Å²) >= 11 is 0. The molecular formula is C22H33NO3. The van der Waals surface area contributed by atoms with Crippen molar-refractivity contribution >= 4 is 5.97 Å². The Balaban J connectivity index is 1.56. The molecule has 0 heterocycles. The average Bonchev–Trinajstić information content (AvgIpc) is 2.87. The summed E-state index contributed by atoms with van der Waals surface area (Å²) in [6.07, 6.45) is 9.40. The Morgan fingerprint density at radius 3 is 2.50 bits per heavy atom. The number of nitrogens with zero attached hydrogens (tertiary/aromatic N) is 1. The lowest BCUT2D eigenvalue weighted by atomic mass is 9.44. The second-order valence-corrected chi connectivity index (χ2v) is 10.1. The van der Waals surface area contributed by atoms with Gasteiger partial charge in [0, 0.05) is 12.3 Å². The first-order chi connectivity index (χ1) is 12.2. The molecule has 26 heavy (non-hydrogen) atoms. The highest BCUT2D eigenvalue weighted by Crippen LogP contribution is 2.68. The predicted octanol–water partition coefficient (Wildman–Crippen LogP) is 4.22. The Morgan fingerprint density at radius 2 is 1.81 bits per heavy atom. The van der Waals surface area contributed by atoms with Gasteiger partial charge in [0.2, 0.25) is 0 Å². The van der Waals surface area contributed by atoms with E-state index in [0.717, 1.165) is 38.5 Å². The van der Waals surface area contributed by atoms with Gasteiger partial charge in [-0.15, -0.1) is 0 Å². The van der Waals surface area contributed by atoms with E-state index in [1.54, 1.807) is 0 Å². The zero-order valence-corrected chi connectivity index (χ0v) is 16.5. The number of nitriles is 1. The van der Waals surface area contributed by atoms with E-state index in [1.807, 2.05) is 0 Å². The van der Waals surface area contributed by atoms with Gasteiger partial charge in [-0.05, 0) is 86.9 Å². The molecule has 4 saturated carbocycles. The largest absolute Gasteiger partial charge is 0.463 e. The smallest absolute Gasteiger partial charge is 0.302 e. The van der Waals surface area contributed by atoms with Crippen LogP contribution < -0.4 is 0 Å². The Bertz CT molecular complexity index is 642. The third-order valence-electron chi connectivity index (χ3n) is 9.29. The summed E-state index contributed by atoms with van der Waals surface area (Å²) in [5.41, 5.74) is -1.04. The van der Waals surface area contributed by atoms with Crippen molar-refractivity contribution in [3.63, 3.8) is 0 Å². The molecule has 0 aliphatic heterocycles. The Hall–Kier alpha value is -1.08. The lowest BCUT2D eigenvalue weighted by Crippen LogP contribution is -2.56. The summed E-state index contributed by atoms with van der Waals surface area (Å²) < 4.78 is 5.54. The van der Waals surface area contributed by atoms with Crippen LogP contribution in [0.3, 0.4) is 0 Å². The van der Waals surface area contributed by atoms with E-state index in [1.165, 1.54) is 19.8 Å². The zero-order valence-electron chi connectivity index (χ0n) is 16.5. The van der Waals surface area contributed by atoms with Gasteiger partial charge in [-0.1, -0.05) is 13.8 Å². The fourth-order valence-electron chi connectivity index (χ4n) is 7.76. The highest BCUT2D eigenvalue weighted by Gasteiger charge is 2.65. The minimum Gasteiger partial charge on any atom is -0.463 e. The standard InChI is InChI=1S/C22H33NO3/c1-14(24)26-16-6-9-20(2)15(12-16)4-5-17-18(20)7-10-21(3)19(17)8-11-22(21,25)13-23/h15-19,25H,4-12H2,1-3H3/t15-,16+,17+,18-,19-,20-,21-,22?/m0/s1. The van der Waals surface area contributed by atoms with Crippen LogP contribution in [-0.4, -0.2) is 22.8 Å². The van der Waals surface area contributed by atoms with Crippen molar-refractivity contribution in [3.8, 4) is 6.07 Å². The van der Waals surface area contributed by atoms with Crippen molar-refractivity contribution in [2.75, 3.05) is 0 Å². The topological polar surface area (TPSA) is 70.3 Å². The third-order valence-corrected chi connectivity index (χ3v) is 9.29. The molecule has 4 heteroatoms. The molecule has 4 aliphatic rings. The molecular weight excluding hydrogens is 326 g/mol. The monoisotopic (exact) mass is 359 g/mol. The van der Waals surface area contributed by atoms with E-state index in [4.69, 9.17) is 4.74 Å². The van der Waals surface area contributed by atoms with Crippen LogP contribution in [0.15, 0.2) is 0 Å². The minimum absolute atomic E-state index is 0.103. The molecule has 0 aromatic heterocycles. The summed E-state index contributed by atoms with van der Waals surface area (Å²) in [6, 6.07) is 2.27. The summed E-state index contributed by atoms with van der Waals surface area (Å²) in [4.78, 5) is 11.4. The van der Waals surface area contributed by atoms with Crippen LogP contribution in [-0.2, 0) is 9.53 Å². The highest BCUT2D eigenvalue weighted by atomic mass is 16.5. The molecule has 4 nitrogen and oxygen atoms in total. The van der Waals surface area contributed by atoms with E-state index in [0.29, 0.717) is 35.5 Å². The van der Waals surface area contributed by atoms with Gasteiger partial charge in [-0.25, -0.2) is 0 Å². The molecule has 0 amide bonds. The molecule has 144 valence electrons. The SMILES string of the molecule is CC(=O)O[C@@H]1CC[C@@]2(C)[C@@H](CC[C@@H]3[C@@H]2CC[C@@]2(C)[C@H]3CCC2(O)C#N)C1. The number of ether oxygens (including phenoxy) is 1. The maximum absolute atomic E-state index is 11.4. The lowest BCUT2D eigenvalue weighted by Gasteiger charge is -2.61. The van der Waals surface area contributed by atoms with E-state index in [-0.39, 0.29) is 17.5 Å². The number of aliphatic hydroxyl groups is 1. The van der Waals surface area contributed by atoms with Crippen molar-refractivity contribution in [1.82, 2.24) is 0 Å². The molecule has 4 rings (SSSR count). The van der Waals surface area contributed by atoms with Gasteiger partial charge in [0.1, 0.15) is 6.10 Å². The van der Waals surface area contributed by atoms with Gasteiger partial charge >= 0.3 is 5.97 Å². The maximum atomic E-state index is 11.4. The highest BCUT2D eigenvalue weighted by molar-refractivity contribution is 5.66. The normalized spacial score (nSPS) is 53.0. The molecule has 0 saturated heterocycles. The van der Waals surface area contributed by atoms with Crippen LogP contribution in [0, 0.1) is 45.8 Å². The Kier molecular flexibility index (Phi) is 4.19. The van der Waals surface area contributed by atoms with Gasteiger partial charge in [-0.2, -0.15) is 5.26 Å². The quantitative estimate of drug-likeness (QED) is 0.562. The van der Waals surface area contributed by atoms with Crippen molar-refractivity contribution < 1.29 is 14.6 Å². The van der Waals surface area contributed by atoms with E-state index in [9.17, 15) is 15.2 Å². The molecule has 0 radical (unpaired) electrons. The number of fused-ring (bicyclic) bond motifs is 5. The van der Waals surface area contributed by atoms with Crippen LogP contribution in [0.4, 0.5) is 0 Å². The Morgan fingerprint density at radius 1 is 1.08 bits per heavy atom. The molecule has 0 bridgehead atoms. The fourth-order valence-corrected chi connectivity index (χ4v) is 7.76. The van der Waals surface area contributed by atoms with Crippen LogP contribution in [0.2, 0.25) is 0 Å². The number of carbonyl (C=O) groups excluding carboxylic acids is 1. The molecule has 8 atom stereocenters. The molecule has 1 N–H and O–H groups in total. The van der Waals surface area contributed by atoms with E-state index < -0.39 is 5.60 Å². The second-order valence-electron chi connectivity index (χ2n) is 10.1. The van der Waals surface area contributed by atoms with E-state index >= 15 is 0 Å².